The van der Waals surface area contributed by atoms with Crippen LogP contribution in [0.25, 0.3) is 5.65 Å². The zero-order valence-corrected chi connectivity index (χ0v) is 26.2. The Balaban J connectivity index is 1.43. The Hall–Kier alpha value is -5.24. The van der Waals surface area contributed by atoms with Gasteiger partial charge < -0.3 is 25.8 Å². The van der Waals surface area contributed by atoms with Crippen LogP contribution >= 0.6 is 0 Å². The van der Waals surface area contributed by atoms with E-state index in [-0.39, 0.29) is 42.4 Å². The van der Waals surface area contributed by atoms with Crippen molar-refractivity contribution in [1.82, 2.24) is 30.5 Å². The highest BCUT2D eigenvalue weighted by Gasteiger charge is 2.30. The first kappa shape index (κ1) is 33.1. The fourth-order valence-electron chi connectivity index (χ4n) is 5.36. The van der Waals surface area contributed by atoms with Crippen LogP contribution in [0.1, 0.15) is 97.3 Å². The number of aliphatic hydroxyl groups is 1. The topological polar surface area (TPSA) is 164 Å². The summed E-state index contributed by atoms with van der Waals surface area (Å²) in [7, 11) is 0. The average molecular weight is 649 g/mol. The third kappa shape index (κ3) is 7.27. The SMILES string of the molecule is Cc1c(C(=O)OC(C)(C)C)ccc2c1CC[C@@H]2NC(=O)c1cc(C(=O)NCc2ccc(F)c(F)c2)nc2cc(C(=O)NCCO)nn12. The molecule has 0 fully saturated rings. The predicted molar refractivity (Wildman–Crippen MR) is 165 cm³/mol. The first-order valence-electron chi connectivity index (χ1n) is 14.9. The van der Waals surface area contributed by atoms with E-state index in [1.165, 1.54) is 18.2 Å². The number of nitrogens with zero attached hydrogens (tertiary/aromatic N) is 3. The van der Waals surface area contributed by atoms with Gasteiger partial charge >= 0.3 is 5.97 Å². The van der Waals surface area contributed by atoms with E-state index >= 15 is 0 Å². The van der Waals surface area contributed by atoms with Crippen LogP contribution in [0, 0.1) is 18.6 Å². The summed E-state index contributed by atoms with van der Waals surface area (Å²) in [5.74, 6) is -4.46. The lowest BCUT2D eigenvalue weighted by molar-refractivity contribution is 0.00682. The summed E-state index contributed by atoms with van der Waals surface area (Å²) in [6.45, 7) is 6.74. The van der Waals surface area contributed by atoms with E-state index in [1.54, 1.807) is 32.9 Å². The van der Waals surface area contributed by atoms with E-state index in [9.17, 15) is 28.0 Å². The normalized spacial score (nSPS) is 14.1. The molecule has 12 nitrogen and oxygen atoms in total. The number of carbonyl (C=O) groups excluding carboxylic acids is 4. The van der Waals surface area contributed by atoms with Gasteiger partial charge in [0, 0.05) is 25.2 Å². The number of esters is 1. The van der Waals surface area contributed by atoms with Crippen molar-refractivity contribution in [1.29, 1.82) is 0 Å². The van der Waals surface area contributed by atoms with E-state index < -0.39 is 47.0 Å². The molecule has 4 aromatic rings. The minimum atomic E-state index is -1.06. The first-order chi connectivity index (χ1) is 22.3. The monoisotopic (exact) mass is 648 g/mol. The minimum Gasteiger partial charge on any atom is -0.456 e. The molecule has 1 atom stereocenters. The predicted octanol–water partition coefficient (Wildman–Crippen LogP) is 3.34. The number of aliphatic hydroxyl groups excluding tert-OH is 1. The molecule has 1 aliphatic rings. The Morgan fingerprint density at radius 1 is 0.979 bits per heavy atom. The maximum absolute atomic E-state index is 13.8. The van der Waals surface area contributed by atoms with Crippen LogP contribution in [0.15, 0.2) is 42.5 Å². The lowest BCUT2D eigenvalue weighted by Gasteiger charge is -2.21. The number of hydrogen-bond acceptors (Lipinski definition) is 8. The second-order valence-electron chi connectivity index (χ2n) is 12.1. The molecule has 47 heavy (non-hydrogen) atoms. The second-order valence-corrected chi connectivity index (χ2v) is 12.1. The van der Waals surface area contributed by atoms with E-state index in [1.807, 2.05) is 6.92 Å². The number of fused-ring (bicyclic) bond motifs is 2. The van der Waals surface area contributed by atoms with Gasteiger partial charge in [0.15, 0.2) is 23.0 Å². The second kappa shape index (κ2) is 13.2. The van der Waals surface area contributed by atoms with Crippen molar-refractivity contribution in [3.05, 3.63) is 99.0 Å². The van der Waals surface area contributed by atoms with Crippen molar-refractivity contribution in [2.45, 2.75) is 58.7 Å². The molecule has 4 N–H and O–H groups in total. The van der Waals surface area contributed by atoms with Gasteiger partial charge in [-0.3, -0.25) is 14.4 Å². The molecule has 2 aromatic heterocycles. The molecule has 0 saturated heterocycles. The summed E-state index contributed by atoms with van der Waals surface area (Å²) < 4.78 is 33.7. The van der Waals surface area contributed by atoms with Gasteiger partial charge in [-0.25, -0.2) is 23.1 Å². The zero-order valence-electron chi connectivity index (χ0n) is 26.2. The quantitative estimate of drug-likeness (QED) is 0.201. The van der Waals surface area contributed by atoms with Crippen molar-refractivity contribution in [2.75, 3.05) is 13.2 Å². The molecule has 0 bridgehead atoms. The lowest BCUT2D eigenvalue weighted by atomic mass is 9.97. The van der Waals surface area contributed by atoms with Crippen LogP contribution in [-0.4, -0.2) is 62.1 Å². The van der Waals surface area contributed by atoms with Gasteiger partial charge in [-0.1, -0.05) is 12.1 Å². The van der Waals surface area contributed by atoms with Gasteiger partial charge in [0.1, 0.15) is 17.0 Å². The highest BCUT2D eigenvalue weighted by molar-refractivity contribution is 5.99. The molecule has 2 heterocycles. The molecule has 2 aromatic carbocycles. The van der Waals surface area contributed by atoms with Crippen molar-refractivity contribution in [3.63, 3.8) is 0 Å². The molecule has 0 unspecified atom stereocenters. The van der Waals surface area contributed by atoms with E-state index in [0.717, 1.165) is 33.3 Å². The number of carbonyl (C=O) groups is 4. The third-order valence-corrected chi connectivity index (χ3v) is 7.58. The number of halogens is 2. The Morgan fingerprint density at radius 2 is 1.72 bits per heavy atom. The molecule has 0 spiro atoms. The molecule has 1 aliphatic carbocycles. The molecular weight excluding hydrogens is 614 g/mol. The molecule has 0 aliphatic heterocycles. The highest BCUT2D eigenvalue weighted by Crippen LogP contribution is 2.35. The summed E-state index contributed by atoms with van der Waals surface area (Å²) >= 11 is 0. The highest BCUT2D eigenvalue weighted by atomic mass is 19.2. The molecule has 5 rings (SSSR count). The number of nitrogens with one attached hydrogen (secondary N) is 3. The molecule has 14 heteroatoms. The summed E-state index contributed by atoms with van der Waals surface area (Å²) in [6.07, 6.45) is 1.15. The Morgan fingerprint density at radius 3 is 2.43 bits per heavy atom. The van der Waals surface area contributed by atoms with Crippen molar-refractivity contribution < 1.29 is 37.8 Å². The standard InChI is InChI=1S/C33H34F2N6O6/c1-17-19-8-10-24(21(19)7-6-20(17)32(46)47-33(2,3)4)39-31(45)27-14-25(29(43)37-16-18-5-9-22(34)23(35)13-18)38-28-15-26(40-41(27)28)30(44)36-11-12-42/h5-7,9,13-15,24,42H,8,10-12,16H2,1-4H3,(H,36,44)(H,37,43)(H,39,45)/t24-/m0/s1. The van der Waals surface area contributed by atoms with Crippen molar-refractivity contribution in [2.24, 2.45) is 0 Å². The maximum atomic E-state index is 13.8. The largest absolute Gasteiger partial charge is 0.456 e. The summed E-state index contributed by atoms with van der Waals surface area (Å²) in [6, 6.07) is 8.77. The number of aromatic nitrogens is 3. The van der Waals surface area contributed by atoms with Gasteiger partial charge in [-0.05, 0) is 81.0 Å². The van der Waals surface area contributed by atoms with Crippen LogP contribution in [0.2, 0.25) is 0 Å². The first-order valence-corrected chi connectivity index (χ1v) is 14.9. The fourth-order valence-corrected chi connectivity index (χ4v) is 5.36. The number of hydrogen-bond donors (Lipinski definition) is 4. The third-order valence-electron chi connectivity index (χ3n) is 7.58. The maximum Gasteiger partial charge on any atom is 0.338 e. The fraction of sp³-hybridized carbons (Fsp3) is 0.333. The number of benzene rings is 2. The van der Waals surface area contributed by atoms with Crippen LogP contribution in [-0.2, 0) is 17.7 Å². The van der Waals surface area contributed by atoms with Crippen LogP contribution < -0.4 is 16.0 Å². The van der Waals surface area contributed by atoms with Gasteiger partial charge in [-0.15, -0.1) is 0 Å². The zero-order chi connectivity index (χ0) is 34.0. The van der Waals surface area contributed by atoms with Gasteiger partial charge in [0.2, 0.25) is 0 Å². The average Bonchev–Trinajstić information content (AvgIpc) is 3.64. The number of rotatable bonds is 9. The van der Waals surface area contributed by atoms with Crippen LogP contribution in [0.5, 0.6) is 0 Å². The molecule has 3 amide bonds. The van der Waals surface area contributed by atoms with Crippen LogP contribution in [0.3, 0.4) is 0 Å². The molecule has 0 radical (unpaired) electrons. The van der Waals surface area contributed by atoms with E-state index in [2.05, 4.69) is 26.0 Å². The summed E-state index contributed by atoms with van der Waals surface area (Å²) in [5.41, 5.74) is 2.27. The minimum absolute atomic E-state index is 0.0226. The molecule has 0 saturated carbocycles. The van der Waals surface area contributed by atoms with E-state index in [4.69, 9.17) is 9.84 Å². The Bertz CT molecular complexity index is 1900. The Labute approximate surface area is 268 Å². The van der Waals surface area contributed by atoms with Crippen LogP contribution in [0.4, 0.5) is 8.78 Å². The summed E-state index contributed by atoms with van der Waals surface area (Å²) in [5, 5.41) is 21.3. The summed E-state index contributed by atoms with van der Waals surface area (Å²) in [4.78, 5) is 56.6. The van der Waals surface area contributed by atoms with Crippen molar-refractivity contribution >= 4 is 29.3 Å². The van der Waals surface area contributed by atoms with Crippen molar-refractivity contribution in [3.8, 4) is 0 Å². The molecular formula is C33H34F2N6O6. The molecule has 246 valence electrons. The van der Waals surface area contributed by atoms with Gasteiger partial charge in [0.25, 0.3) is 17.7 Å². The number of amides is 3. The Kier molecular flexibility index (Phi) is 9.33. The lowest BCUT2D eigenvalue weighted by Crippen LogP contribution is -2.31. The number of ether oxygens (including phenoxy) is 1. The smallest absolute Gasteiger partial charge is 0.338 e. The van der Waals surface area contributed by atoms with E-state index in [0.29, 0.717) is 24.0 Å². The van der Waals surface area contributed by atoms with Gasteiger partial charge in [-0.2, -0.15) is 5.10 Å². The van der Waals surface area contributed by atoms with Gasteiger partial charge in [0.05, 0.1) is 18.2 Å².